The summed E-state index contributed by atoms with van der Waals surface area (Å²) in [6, 6.07) is 26.6. The van der Waals surface area contributed by atoms with Gasteiger partial charge in [-0.05, 0) is 58.0 Å². The van der Waals surface area contributed by atoms with E-state index in [1.165, 1.54) is 9.13 Å². The topological polar surface area (TPSA) is 26.0 Å². The van der Waals surface area contributed by atoms with Crippen molar-refractivity contribution in [3.8, 4) is 22.8 Å². The molecule has 4 aromatic rings. The molecule has 0 saturated carbocycles. The number of hydrogen-bond donors (Lipinski definition) is 0. The van der Waals surface area contributed by atoms with Crippen LogP contribution in [0.5, 0.6) is 0 Å². The molecule has 0 amide bonds. The minimum absolute atomic E-state index is 0.632. The zero-order chi connectivity index (χ0) is 19.2. The fraction of sp³-hybridized carbons (Fsp3) is 0. The van der Waals surface area contributed by atoms with Crippen molar-refractivity contribution in [1.82, 2.24) is 4.98 Å². The summed E-state index contributed by atoms with van der Waals surface area (Å²) in [7, 11) is 0. The first-order chi connectivity index (χ1) is 13.8. The van der Waals surface area contributed by atoms with Gasteiger partial charge < -0.3 is 4.42 Å². The van der Waals surface area contributed by atoms with Crippen LogP contribution in [0.15, 0.2) is 102 Å². The Balaban J connectivity index is 1.42. The van der Waals surface area contributed by atoms with Gasteiger partial charge in [0.1, 0.15) is 0 Å². The second kappa shape index (κ2) is 8.85. The fourth-order valence-corrected chi connectivity index (χ4v) is 3.15. The molecule has 0 aliphatic heterocycles. The van der Waals surface area contributed by atoms with Gasteiger partial charge in [0.2, 0.25) is 5.89 Å². The van der Waals surface area contributed by atoms with Gasteiger partial charge in [0.15, 0.2) is 5.76 Å². The van der Waals surface area contributed by atoms with E-state index in [9.17, 15) is 0 Å². The molecule has 136 valence electrons. The first-order valence-corrected chi connectivity index (χ1v) is 10.1. The van der Waals surface area contributed by atoms with Gasteiger partial charge in [-0.25, -0.2) is 4.98 Å². The molecule has 0 spiro atoms. The zero-order valence-corrected chi connectivity index (χ0v) is 17.3. The summed E-state index contributed by atoms with van der Waals surface area (Å²) in [4.78, 5) is 4.41. The average molecular weight is 475 g/mol. The molecule has 2 nitrogen and oxygen atoms in total. The predicted octanol–water partition coefficient (Wildman–Crippen LogP) is 7.34. The van der Waals surface area contributed by atoms with Crippen LogP contribution < -0.4 is 0 Å². The van der Waals surface area contributed by atoms with E-state index in [-0.39, 0.29) is 0 Å². The molecule has 3 aromatic carbocycles. The molecule has 0 fully saturated rings. The Bertz CT molecular complexity index is 1090. The van der Waals surface area contributed by atoms with Gasteiger partial charge >= 0.3 is 0 Å². The Morgan fingerprint density at radius 3 is 1.93 bits per heavy atom. The van der Waals surface area contributed by atoms with E-state index in [0.29, 0.717) is 5.89 Å². The van der Waals surface area contributed by atoms with Crippen molar-refractivity contribution in [3.05, 3.63) is 112 Å². The van der Waals surface area contributed by atoms with Gasteiger partial charge in [-0.2, -0.15) is 0 Å². The smallest absolute Gasteiger partial charge is 0.226 e. The number of rotatable bonds is 5. The van der Waals surface area contributed by atoms with E-state index < -0.39 is 0 Å². The average Bonchev–Trinajstić information content (AvgIpc) is 3.24. The predicted molar refractivity (Wildman–Crippen MR) is 125 cm³/mol. The van der Waals surface area contributed by atoms with Crippen molar-refractivity contribution < 1.29 is 4.42 Å². The molecule has 4 rings (SSSR count). The highest BCUT2D eigenvalue weighted by atomic mass is 127. The van der Waals surface area contributed by atoms with Crippen molar-refractivity contribution in [2.45, 2.75) is 0 Å². The van der Waals surface area contributed by atoms with Crippen LogP contribution in [-0.4, -0.2) is 4.98 Å². The highest BCUT2D eigenvalue weighted by Crippen LogP contribution is 2.26. The molecular formula is C25H18INO. The number of nitrogens with zero attached hydrogens (tertiary/aromatic N) is 1. The molecule has 3 heteroatoms. The van der Waals surface area contributed by atoms with Crippen LogP contribution in [0.2, 0.25) is 0 Å². The minimum Gasteiger partial charge on any atom is -0.436 e. The third-order valence-corrected chi connectivity index (χ3v) is 5.00. The van der Waals surface area contributed by atoms with E-state index in [1.54, 1.807) is 6.20 Å². The molecule has 1 aromatic heterocycles. The van der Waals surface area contributed by atoms with Gasteiger partial charge in [-0.15, -0.1) is 0 Å². The summed E-state index contributed by atoms with van der Waals surface area (Å²) >= 11 is 2.31. The minimum atomic E-state index is 0.632. The maximum Gasteiger partial charge on any atom is 0.226 e. The summed E-state index contributed by atoms with van der Waals surface area (Å²) in [5.41, 5.74) is 4.32. The molecule has 0 bridgehead atoms. The SMILES string of the molecule is Ic1ccc(/C=C/C=C/c2ccc(-c3ncc(-c4ccccc4)o3)cc2)cc1. The zero-order valence-electron chi connectivity index (χ0n) is 15.1. The Kier molecular flexibility index (Phi) is 5.83. The lowest BCUT2D eigenvalue weighted by molar-refractivity contribution is 0.589. The fourth-order valence-electron chi connectivity index (χ4n) is 2.79. The maximum absolute atomic E-state index is 5.91. The monoisotopic (exact) mass is 475 g/mol. The van der Waals surface area contributed by atoms with Crippen molar-refractivity contribution >= 4 is 34.7 Å². The van der Waals surface area contributed by atoms with Crippen LogP contribution in [0, 0.1) is 3.57 Å². The second-order valence-corrected chi connectivity index (χ2v) is 7.53. The third-order valence-electron chi connectivity index (χ3n) is 4.28. The molecule has 28 heavy (non-hydrogen) atoms. The Morgan fingerprint density at radius 2 is 1.29 bits per heavy atom. The normalized spacial score (nSPS) is 11.5. The van der Waals surface area contributed by atoms with E-state index >= 15 is 0 Å². The number of oxazole rings is 1. The molecule has 0 N–H and O–H groups in total. The second-order valence-electron chi connectivity index (χ2n) is 6.29. The van der Waals surface area contributed by atoms with Crippen molar-refractivity contribution in [2.75, 3.05) is 0 Å². The summed E-state index contributed by atoms with van der Waals surface area (Å²) in [6.07, 6.45) is 10.0. The number of benzene rings is 3. The maximum atomic E-state index is 5.91. The molecule has 0 radical (unpaired) electrons. The van der Waals surface area contributed by atoms with E-state index in [4.69, 9.17) is 4.42 Å². The summed E-state index contributed by atoms with van der Waals surface area (Å²) in [5.74, 6) is 1.41. The first-order valence-electron chi connectivity index (χ1n) is 9.00. The summed E-state index contributed by atoms with van der Waals surface area (Å²) in [6.45, 7) is 0. The first kappa shape index (κ1) is 18.4. The van der Waals surface area contributed by atoms with Gasteiger partial charge in [0.25, 0.3) is 0 Å². The van der Waals surface area contributed by atoms with E-state index in [1.807, 2.05) is 48.5 Å². The molecule has 0 atom stereocenters. The van der Waals surface area contributed by atoms with Gasteiger partial charge in [0.05, 0.1) is 6.20 Å². The molecule has 0 unspecified atom stereocenters. The molecule has 1 heterocycles. The lowest BCUT2D eigenvalue weighted by atomic mass is 10.1. The van der Waals surface area contributed by atoms with Crippen LogP contribution in [-0.2, 0) is 0 Å². The number of allylic oxidation sites excluding steroid dienone is 2. The number of halogens is 1. The van der Waals surface area contributed by atoms with Crippen LogP contribution in [0.1, 0.15) is 11.1 Å². The summed E-state index contributed by atoms with van der Waals surface area (Å²) in [5, 5.41) is 0. The highest BCUT2D eigenvalue weighted by Gasteiger charge is 2.07. The molecule has 0 saturated heterocycles. The standard InChI is InChI=1S/C25H18INO/c26-23-16-12-20(13-17-23)7-5-4-6-19-10-14-22(15-11-19)25-27-18-24(28-25)21-8-2-1-3-9-21/h1-18H/b6-4+,7-5+. The molecule has 0 aliphatic rings. The van der Waals surface area contributed by atoms with Gasteiger partial charge in [-0.1, -0.05) is 78.9 Å². The van der Waals surface area contributed by atoms with Crippen LogP contribution >= 0.6 is 22.6 Å². The lowest BCUT2D eigenvalue weighted by Gasteiger charge is -1.98. The number of aromatic nitrogens is 1. The molecule has 0 aliphatic carbocycles. The van der Waals surface area contributed by atoms with Gasteiger partial charge in [0, 0.05) is 14.7 Å². The molecular weight excluding hydrogens is 457 g/mol. The number of hydrogen-bond acceptors (Lipinski definition) is 2. The van der Waals surface area contributed by atoms with Crippen LogP contribution in [0.4, 0.5) is 0 Å². The van der Waals surface area contributed by atoms with Crippen LogP contribution in [0.25, 0.3) is 34.9 Å². The quantitative estimate of drug-likeness (QED) is 0.223. The Labute approximate surface area is 178 Å². The van der Waals surface area contributed by atoms with E-state index in [0.717, 1.165) is 22.5 Å². The van der Waals surface area contributed by atoms with E-state index in [2.05, 4.69) is 82.2 Å². The van der Waals surface area contributed by atoms with Crippen molar-refractivity contribution in [1.29, 1.82) is 0 Å². The van der Waals surface area contributed by atoms with Crippen LogP contribution in [0.3, 0.4) is 0 Å². The lowest BCUT2D eigenvalue weighted by Crippen LogP contribution is -1.77. The third kappa shape index (κ3) is 4.67. The Morgan fingerprint density at radius 1 is 0.679 bits per heavy atom. The summed E-state index contributed by atoms with van der Waals surface area (Å²) < 4.78 is 7.15. The van der Waals surface area contributed by atoms with Gasteiger partial charge in [-0.3, -0.25) is 0 Å². The van der Waals surface area contributed by atoms with Crippen molar-refractivity contribution in [2.24, 2.45) is 0 Å². The largest absolute Gasteiger partial charge is 0.436 e. The highest BCUT2D eigenvalue weighted by molar-refractivity contribution is 14.1. The van der Waals surface area contributed by atoms with Crippen molar-refractivity contribution in [3.63, 3.8) is 0 Å². The Hall–Kier alpha value is -2.92.